The average Bonchev–Trinajstić information content (AvgIpc) is 3.48. The molecule has 4 unspecified atom stereocenters. The summed E-state index contributed by atoms with van der Waals surface area (Å²) < 4.78 is 13.5. The molecule has 0 aromatic heterocycles. The predicted molar refractivity (Wildman–Crippen MR) is 149 cm³/mol. The second kappa shape index (κ2) is 13.1. The van der Waals surface area contributed by atoms with Gasteiger partial charge in [-0.05, 0) is 69.5 Å². The number of halogens is 2. The molecule has 1 aromatic rings. The summed E-state index contributed by atoms with van der Waals surface area (Å²) in [6.07, 6.45) is 8.73. The van der Waals surface area contributed by atoms with Gasteiger partial charge in [-0.2, -0.15) is 0 Å². The van der Waals surface area contributed by atoms with Crippen molar-refractivity contribution in [2.75, 3.05) is 39.8 Å². The normalized spacial score (nSPS) is 26.2. The lowest BCUT2D eigenvalue weighted by Crippen LogP contribution is -2.60. The molecule has 4 rings (SSSR count). The highest BCUT2D eigenvalue weighted by molar-refractivity contribution is 6.31. The van der Waals surface area contributed by atoms with Crippen molar-refractivity contribution < 1.29 is 18.8 Å². The van der Waals surface area contributed by atoms with Gasteiger partial charge in [-0.25, -0.2) is 4.39 Å². The minimum atomic E-state index is -0.736. The Hall–Kier alpha value is -2.75. The molecule has 0 spiro atoms. The first-order valence-corrected chi connectivity index (χ1v) is 14.2. The summed E-state index contributed by atoms with van der Waals surface area (Å²) in [4.78, 5) is 43.5. The summed E-state index contributed by atoms with van der Waals surface area (Å²) in [5, 5.41) is 9.59. The highest BCUT2D eigenvalue weighted by atomic mass is 35.5. The smallest absolute Gasteiger partial charge is 0.245 e. The van der Waals surface area contributed by atoms with Crippen molar-refractivity contribution in [1.82, 2.24) is 25.8 Å². The van der Waals surface area contributed by atoms with E-state index in [9.17, 15) is 18.8 Å². The number of carbonyl (C=O) groups is 3. The molecule has 3 N–H and O–H groups in total. The second-order valence-corrected chi connectivity index (χ2v) is 11.3. The second-order valence-electron chi connectivity index (χ2n) is 10.8. The lowest BCUT2D eigenvalue weighted by molar-refractivity contribution is -0.140. The number of hydrogen-bond donors (Lipinski definition) is 3. The lowest BCUT2D eigenvalue weighted by atomic mass is 9.77. The summed E-state index contributed by atoms with van der Waals surface area (Å²) in [6.45, 7) is 5.36. The molecule has 3 aliphatic rings. The molecule has 0 bridgehead atoms. The summed E-state index contributed by atoms with van der Waals surface area (Å²) in [5.74, 6) is -0.674. The minimum absolute atomic E-state index is 0.0304. The van der Waals surface area contributed by atoms with Crippen LogP contribution in [0.5, 0.6) is 0 Å². The quantitative estimate of drug-likeness (QED) is 0.432. The maximum absolute atomic E-state index is 13.8. The van der Waals surface area contributed by atoms with Crippen LogP contribution < -0.4 is 16.0 Å². The number of allylic oxidation sites excluding steroid dienone is 3. The summed E-state index contributed by atoms with van der Waals surface area (Å²) in [5.41, 5.74) is 0.150. The molecule has 0 saturated carbocycles. The average molecular weight is 560 g/mol. The van der Waals surface area contributed by atoms with Crippen LogP contribution in [0.25, 0.3) is 0 Å². The van der Waals surface area contributed by atoms with Gasteiger partial charge in [0, 0.05) is 44.2 Å². The summed E-state index contributed by atoms with van der Waals surface area (Å²) >= 11 is 6.11. The SMILES string of the molecule is CNC(=O)C1(CCN2CCN(C(=O)C(Cc3ccc(F)cc3)NC(=O)C3CCCN3)C(C)C2)C=CC(Cl)=CC1. The van der Waals surface area contributed by atoms with Gasteiger partial charge in [0.2, 0.25) is 17.7 Å². The van der Waals surface area contributed by atoms with Gasteiger partial charge in [-0.15, -0.1) is 0 Å². The highest BCUT2D eigenvalue weighted by Crippen LogP contribution is 2.35. The van der Waals surface area contributed by atoms with Gasteiger partial charge in [-0.3, -0.25) is 19.3 Å². The largest absolute Gasteiger partial charge is 0.358 e. The van der Waals surface area contributed by atoms with Crippen LogP contribution in [0.15, 0.2) is 47.5 Å². The number of carbonyl (C=O) groups excluding carboxylic acids is 3. The minimum Gasteiger partial charge on any atom is -0.358 e. The number of rotatable bonds is 9. The zero-order valence-electron chi connectivity index (χ0n) is 22.7. The Morgan fingerprint density at radius 3 is 2.62 bits per heavy atom. The highest BCUT2D eigenvalue weighted by Gasteiger charge is 2.38. The van der Waals surface area contributed by atoms with Gasteiger partial charge in [-0.1, -0.05) is 35.9 Å². The molecule has 0 radical (unpaired) electrons. The molecule has 3 amide bonds. The van der Waals surface area contributed by atoms with E-state index in [0.29, 0.717) is 50.5 Å². The van der Waals surface area contributed by atoms with Crippen molar-refractivity contribution in [3.05, 3.63) is 58.9 Å². The fraction of sp³-hybridized carbons (Fsp3) is 0.552. The van der Waals surface area contributed by atoms with Gasteiger partial charge in [0.25, 0.3) is 0 Å². The van der Waals surface area contributed by atoms with E-state index in [-0.39, 0.29) is 35.6 Å². The zero-order chi connectivity index (χ0) is 28.0. The van der Waals surface area contributed by atoms with E-state index in [1.54, 1.807) is 25.3 Å². The topological polar surface area (TPSA) is 93.8 Å². The van der Waals surface area contributed by atoms with E-state index in [1.807, 2.05) is 24.0 Å². The molecule has 2 saturated heterocycles. The molecular formula is C29H39ClFN5O3. The molecule has 2 heterocycles. The fourth-order valence-corrected chi connectivity index (χ4v) is 5.87. The van der Waals surface area contributed by atoms with E-state index in [4.69, 9.17) is 11.6 Å². The van der Waals surface area contributed by atoms with Crippen molar-refractivity contribution in [1.29, 1.82) is 0 Å². The molecule has 8 nitrogen and oxygen atoms in total. The Morgan fingerprint density at radius 1 is 1.23 bits per heavy atom. The van der Waals surface area contributed by atoms with E-state index < -0.39 is 11.5 Å². The molecule has 2 aliphatic heterocycles. The zero-order valence-corrected chi connectivity index (χ0v) is 23.5. The van der Waals surface area contributed by atoms with E-state index in [2.05, 4.69) is 20.9 Å². The van der Waals surface area contributed by atoms with Crippen LogP contribution in [0.1, 0.15) is 38.2 Å². The maximum Gasteiger partial charge on any atom is 0.245 e. The molecule has 1 aromatic carbocycles. The molecular weight excluding hydrogens is 521 g/mol. The molecule has 4 atom stereocenters. The van der Waals surface area contributed by atoms with Crippen molar-refractivity contribution >= 4 is 29.3 Å². The Kier molecular flexibility index (Phi) is 9.80. The van der Waals surface area contributed by atoms with Gasteiger partial charge in [0.1, 0.15) is 11.9 Å². The van der Waals surface area contributed by atoms with Gasteiger partial charge < -0.3 is 20.9 Å². The van der Waals surface area contributed by atoms with Crippen LogP contribution in [0, 0.1) is 11.2 Å². The molecule has 1 aliphatic carbocycles. The van der Waals surface area contributed by atoms with Crippen LogP contribution in [-0.2, 0) is 20.8 Å². The van der Waals surface area contributed by atoms with Gasteiger partial charge in [0.15, 0.2) is 0 Å². The van der Waals surface area contributed by atoms with E-state index in [0.717, 1.165) is 24.9 Å². The van der Waals surface area contributed by atoms with Crippen molar-refractivity contribution in [3.63, 3.8) is 0 Å². The molecule has 10 heteroatoms. The third kappa shape index (κ3) is 7.26. The van der Waals surface area contributed by atoms with Crippen LogP contribution in [0.2, 0.25) is 0 Å². The third-order valence-corrected chi connectivity index (χ3v) is 8.40. The Balaban J connectivity index is 1.39. The number of hydrogen-bond acceptors (Lipinski definition) is 5. The van der Waals surface area contributed by atoms with Crippen LogP contribution >= 0.6 is 11.6 Å². The van der Waals surface area contributed by atoms with Gasteiger partial charge >= 0.3 is 0 Å². The van der Waals surface area contributed by atoms with Gasteiger partial charge in [0.05, 0.1) is 11.5 Å². The van der Waals surface area contributed by atoms with E-state index >= 15 is 0 Å². The van der Waals surface area contributed by atoms with Crippen LogP contribution in [0.4, 0.5) is 4.39 Å². The monoisotopic (exact) mass is 559 g/mol. The fourth-order valence-electron chi connectivity index (χ4n) is 5.73. The molecule has 2 fully saturated rings. The number of benzene rings is 1. The maximum atomic E-state index is 13.8. The molecule has 212 valence electrons. The standard InChI is InChI=1S/C29H39ClFN5O3/c1-20-19-35(15-13-29(28(39)32-2)11-9-22(30)10-12-29)16-17-36(20)27(38)25(18-21-5-7-23(31)8-6-21)34-26(37)24-4-3-14-33-24/h5-11,20,24-25,33H,3-4,12-19H2,1-2H3,(H,32,39)(H,34,37). The summed E-state index contributed by atoms with van der Waals surface area (Å²) in [6, 6.07) is 4.94. The van der Waals surface area contributed by atoms with Crippen molar-refractivity contribution in [2.45, 2.75) is 57.2 Å². The number of amides is 3. The predicted octanol–water partition coefficient (Wildman–Crippen LogP) is 2.34. The van der Waals surface area contributed by atoms with Crippen molar-refractivity contribution in [2.24, 2.45) is 5.41 Å². The van der Waals surface area contributed by atoms with Crippen LogP contribution in [0.3, 0.4) is 0 Å². The number of nitrogens with one attached hydrogen (secondary N) is 3. The van der Waals surface area contributed by atoms with Crippen molar-refractivity contribution in [3.8, 4) is 0 Å². The molecule has 39 heavy (non-hydrogen) atoms. The first-order valence-electron chi connectivity index (χ1n) is 13.8. The van der Waals surface area contributed by atoms with Crippen LogP contribution in [-0.4, -0.2) is 85.4 Å². The lowest BCUT2D eigenvalue weighted by Gasteiger charge is -2.42. The third-order valence-electron chi connectivity index (χ3n) is 8.12. The Morgan fingerprint density at radius 2 is 2.00 bits per heavy atom. The Labute approximate surface area is 235 Å². The summed E-state index contributed by atoms with van der Waals surface area (Å²) in [7, 11) is 1.65. The Bertz CT molecular complexity index is 1100. The van der Waals surface area contributed by atoms with E-state index in [1.165, 1.54) is 12.1 Å². The first kappa shape index (κ1) is 29.2. The number of nitrogens with zero attached hydrogens (tertiary/aromatic N) is 2. The number of piperazine rings is 1. The first-order chi connectivity index (χ1) is 18.7.